The number of aliphatic hydroxyl groups excluding tert-OH is 1. The van der Waals surface area contributed by atoms with Crippen molar-refractivity contribution in [3.63, 3.8) is 0 Å². The molecule has 5 rings (SSSR count). The number of hydrogen-bond donors (Lipinski definition) is 1. The van der Waals surface area contributed by atoms with Gasteiger partial charge in [-0.15, -0.1) is 11.8 Å². The molecule has 2 fully saturated rings. The topological polar surface area (TPSA) is 81.2 Å². The van der Waals surface area contributed by atoms with E-state index in [1.165, 1.54) is 0 Å². The molecule has 0 saturated carbocycles. The van der Waals surface area contributed by atoms with E-state index in [4.69, 9.17) is 0 Å². The first-order chi connectivity index (χ1) is 18.8. The maximum atomic E-state index is 14.6. The van der Waals surface area contributed by atoms with Crippen molar-refractivity contribution in [1.82, 2.24) is 9.80 Å². The van der Waals surface area contributed by atoms with E-state index in [9.17, 15) is 19.5 Å². The third kappa shape index (κ3) is 4.44. The van der Waals surface area contributed by atoms with Crippen molar-refractivity contribution in [2.75, 3.05) is 24.6 Å². The lowest BCUT2D eigenvalue weighted by molar-refractivity contribution is -0.147. The molecule has 0 radical (unpaired) electrons. The summed E-state index contributed by atoms with van der Waals surface area (Å²) in [5, 5.41) is 10.4. The van der Waals surface area contributed by atoms with E-state index in [0.29, 0.717) is 13.1 Å². The molecule has 210 valence electrons. The molecule has 4 aliphatic heterocycles. The Morgan fingerprint density at radius 3 is 2.44 bits per heavy atom. The highest BCUT2D eigenvalue weighted by atomic mass is 32.2. The van der Waals surface area contributed by atoms with E-state index in [1.54, 1.807) is 21.6 Å². The molecule has 0 aromatic heterocycles. The first-order valence-corrected chi connectivity index (χ1v) is 15.3. The summed E-state index contributed by atoms with van der Waals surface area (Å²) in [6.07, 6.45) is 10.8. The Balaban J connectivity index is 1.63. The maximum Gasteiger partial charge on any atom is 0.247 e. The molecule has 4 aliphatic rings. The third-order valence-corrected chi connectivity index (χ3v) is 11.0. The Morgan fingerprint density at radius 2 is 1.77 bits per heavy atom. The second-order valence-corrected chi connectivity index (χ2v) is 13.0. The van der Waals surface area contributed by atoms with Crippen LogP contribution in [0.15, 0.2) is 54.6 Å². The number of nitrogens with zero attached hydrogens (tertiary/aromatic N) is 3. The summed E-state index contributed by atoms with van der Waals surface area (Å²) in [5.74, 6) is -1.61. The van der Waals surface area contributed by atoms with E-state index >= 15 is 0 Å². The second-order valence-electron chi connectivity index (χ2n) is 11.5. The number of carbonyl (C=O) groups is 3. The van der Waals surface area contributed by atoms with Crippen molar-refractivity contribution in [3.05, 3.63) is 54.6 Å². The summed E-state index contributed by atoms with van der Waals surface area (Å²) in [6, 6.07) is 8.36. The zero-order chi connectivity index (χ0) is 27.9. The predicted molar refractivity (Wildman–Crippen MR) is 155 cm³/mol. The van der Waals surface area contributed by atoms with Crippen LogP contribution < -0.4 is 4.90 Å². The summed E-state index contributed by atoms with van der Waals surface area (Å²) in [4.78, 5) is 48.7. The van der Waals surface area contributed by atoms with Crippen LogP contribution in [0.2, 0.25) is 0 Å². The van der Waals surface area contributed by atoms with Gasteiger partial charge in [0.05, 0.1) is 29.2 Å². The monoisotopic (exact) mass is 551 g/mol. The van der Waals surface area contributed by atoms with Crippen LogP contribution in [0.5, 0.6) is 0 Å². The van der Waals surface area contributed by atoms with Gasteiger partial charge in [-0.3, -0.25) is 14.4 Å². The molecular weight excluding hydrogens is 510 g/mol. The van der Waals surface area contributed by atoms with E-state index < -0.39 is 28.7 Å². The highest BCUT2D eigenvalue weighted by Crippen LogP contribution is 2.61. The average Bonchev–Trinajstić information content (AvgIpc) is 3.25. The number of anilines is 1. The predicted octanol–water partition coefficient (Wildman–Crippen LogP) is 3.88. The molecule has 4 heterocycles. The fourth-order valence-corrected chi connectivity index (χ4v) is 9.07. The maximum absolute atomic E-state index is 14.6. The molecule has 1 N–H and O–H groups in total. The first-order valence-electron chi connectivity index (χ1n) is 14.4. The van der Waals surface area contributed by atoms with Gasteiger partial charge in [0.25, 0.3) is 0 Å². The minimum Gasteiger partial charge on any atom is -0.394 e. The molecular formula is C31H41N3O4S. The highest BCUT2D eigenvalue weighted by Gasteiger charge is 2.72. The zero-order valence-electron chi connectivity index (χ0n) is 23.4. The molecule has 8 heteroatoms. The Morgan fingerprint density at radius 1 is 1.03 bits per heavy atom. The lowest BCUT2D eigenvalue weighted by Crippen LogP contribution is -2.58. The van der Waals surface area contributed by atoms with Crippen molar-refractivity contribution >= 4 is 35.2 Å². The molecule has 3 amide bonds. The van der Waals surface area contributed by atoms with Gasteiger partial charge in [-0.1, -0.05) is 76.1 Å². The van der Waals surface area contributed by atoms with Crippen molar-refractivity contribution in [3.8, 4) is 0 Å². The van der Waals surface area contributed by atoms with Gasteiger partial charge in [-0.2, -0.15) is 0 Å². The van der Waals surface area contributed by atoms with Gasteiger partial charge in [0.15, 0.2) is 0 Å². The van der Waals surface area contributed by atoms with Crippen molar-refractivity contribution in [1.29, 1.82) is 0 Å². The summed E-state index contributed by atoms with van der Waals surface area (Å²) >= 11 is 1.60. The lowest BCUT2D eigenvalue weighted by atomic mass is 9.78. The van der Waals surface area contributed by atoms with Gasteiger partial charge in [-0.25, -0.2) is 0 Å². The van der Waals surface area contributed by atoms with Gasteiger partial charge in [0.1, 0.15) is 6.04 Å². The average molecular weight is 552 g/mol. The molecule has 1 spiro atoms. The van der Waals surface area contributed by atoms with Gasteiger partial charge in [0, 0.05) is 30.1 Å². The molecule has 1 aromatic rings. The minimum absolute atomic E-state index is 0.00252. The van der Waals surface area contributed by atoms with Crippen LogP contribution in [0, 0.1) is 17.8 Å². The highest BCUT2D eigenvalue weighted by molar-refractivity contribution is 8.02. The van der Waals surface area contributed by atoms with Crippen LogP contribution in [-0.2, 0) is 14.4 Å². The molecule has 1 aromatic carbocycles. The standard InChI is InChI=1S/C31H41N3O4S/c1-5-12-21(4)32-18-11-16-31-26(29(37)34(27(31)30(32)38)23(19-35)20(3)6-2)25-24(39-31)15-10-17-33(28(25)36)22-13-8-7-9-14-22/h7-11,13-16,20-21,23-27,35H,5-6,12,17-19H2,1-4H3/t20-,21?,23-,24+,25-,26-,27?,31-/m0/s1. The van der Waals surface area contributed by atoms with Crippen molar-refractivity contribution < 1.29 is 19.5 Å². The van der Waals surface area contributed by atoms with E-state index in [-0.39, 0.29) is 41.5 Å². The summed E-state index contributed by atoms with van der Waals surface area (Å²) in [7, 11) is 0. The number of amides is 3. The fourth-order valence-electron chi connectivity index (χ4n) is 7.08. The molecule has 0 aliphatic carbocycles. The van der Waals surface area contributed by atoms with Crippen LogP contribution in [0.25, 0.3) is 0 Å². The van der Waals surface area contributed by atoms with Crippen LogP contribution >= 0.6 is 11.8 Å². The third-order valence-electron chi connectivity index (χ3n) is 9.28. The summed E-state index contributed by atoms with van der Waals surface area (Å²) < 4.78 is -0.870. The Kier molecular flexibility index (Phi) is 7.98. The van der Waals surface area contributed by atoms with E-state index in [0.717, 1.165) is 24.9 Å². The summed E-state index contributed by atoms with van der Waals surface area (Å²) in [5.41, 5.74) is 0.803. The van der Waals surface area contributed by atoms with Crippen molar-refractivity contribution in [2.45, 2.75) is 75.1 Å². The number of rotatable bonds is 8. The van der Waals surface area contributed by atoms with Gasteiger partial charge in [0.2, 0.25) is 17.7 Å². The number of fused-ring (bicyclic) bond motifs is 2. The number of para-hydroxylation sites is 1. The number of aliphatic hydroxyl groups is 1. The van der Waals surface area contributed by atoms with Crippen LogP contribution in [0.4, 0.5) is 5.69 Å². The van der Waals surface area contributed by atoms with Crippen LogP contribution in [-0.4, -0.2) is 80.4 Å². The SMILES string of the molecule is CCCC(C)N1CC=C[C@]23S[C@@H]4C=CCN(c5ccccc5)C(=O)[C@@H]4[C@H]2C(=O)N([C@@H](CO)[C@@H](C)CC)C3C1=O. The number of likely N-dealkylation sites (tertiary alicyclic amines) is 1. The number of hydrogen-bond acceptors (Lipinski definition) is 5. The number of benzene rings is 1. The molecule has 2 unspecified atom stereocenters. The van der Waals surface area contributed by atoms with Crippen LogP contribution in [0.3, 0.4) is 0 Å². The largest absolute Gasteiger partial charge is 0.394 e. The quantitative estimate of drug-likeness (QED) is 0.496. The van der Waals surface area contributed by atoms with E-state index in [2.05, 4.69) is 26.0 Å². The van der Waals surface area contributed by atoms with E-state index in [1.807, 2.05) is 61.2 Å². The van der Waals surface area contributed by atoms with Crippen LogP contribution in [0.1, 0.15) is 47.0 Å². The lowest BCUT2D eigenvalue weighted by Gasteiger charge is -2.41. The smallest absolute Gasteiger partial charge is 0.247 e. The summed E-state index contributed by atoms with van der Waals surface area (Å²) in [6.45, 7) is 8.95. The minimum atomic E-state index is -0.870. The van der Waals surface area contributed by atoms with Gasteiger partial charge in [-0.05, 0) is 31.4 Å². The van der Waals surface area contributed by atoms with Crippen molar-refractivity contribution in [2.24, 2.45) is 17.8 Å². The first kappa shape index (κ1) is 28.0. The van der Waals surface area contributed by atoms with Gasteiger partial charge >= 0.3 is 0 Å². The zero-order valence-corrected chi connectivity index (χ0v) is 24.2. The van der Waals surface area contributed by atoms with Gasteiger partial charge < -0.3 is 19.8 Å². The number of thioether (sulfide) groups is 1. The fraction of sp³-hybridized carbons (Fsp3) is 0.581. The Hall–Kier alpha value is -2.58. The molecule has 0 bridgehead atoms. The normalized spacial score (nSPS) is 32.4. The Bertz CT molecular complexity index is 1160. The second kappa shape index (κ2) is 11.1. The Labute approximate surface area is 236 Å². The molecule has 7 nitrogen and oxygen atoms in total. The molecule has 39 heavy (non-hydrogen) atoms. The molecule has 8 atom stereocenters. The molecule has 2 saturated heterocycles. The number of carbonyl (C=O) groups excluding carboxylic acids is 3.